The molecular formula is C9H9N3OS. The third-order valence-corrected chi connectivity index (χ3v) is 1.96. The Labute approximate surface area is 85.8 Å². The molecule has 2 rings (SSSR count). The second-order valence-electron chi connectivity index (χ2n) is 2.93. The number of nitrogens with two attached hydrogens (primary N) is 1. The molecule has 0 aliphatic carbocycles. The van der Waals surface area contributed by atoms with Crippen LogP contribution < -0.4 is 5.73 Å². The Balaban J connectivity index is 2.22. The highest BCUT2D eigenvalue weighted by atomic mass is 32.1. The Morgan fingerprint density at radius 2 is 2.36 bits per heavy atom. The summed E-state index contributed by atoms with van der Waals surface area (Å²) in [6.07, 6.45) is 0.595. The molecule has 0 fully saturated rings. The third-order valence-electron chi connectivity index (χ3n) is 1.79. The van der Waals surface area contributed by atoms with Crippen LogP contribution in [0.2, 0.25) is 0 Å². The van der Waals surface area contributed by atoms with Crippen LogP contribution in [-0.2, 0) is 6.42 Å². The van der Waals surface area contributed by atoms with Gasteiger partial charge in [0.05, 0.1) is 6.42 Å². The van der Waals surface area contributed by atoms with Crippen molar-refractivity contribution in [3.8, 4) is 0 Å². The molecule has 0 amide bonds. The number of aromatic nitrogens is 2. The van der Waals surface area contributed by atoms with Crippen molar-refractivity contribution in [1.82, 2.24) is 10.2 Å². The minimum atomic E-state index is 0.295. The monoisotopic (exact) mass is 207 g/mol. The molecule has 72 valence electrons. The number of nitrogen functional groups attached to an aromatic ring is 1. The first-order valence-electron chi connectivity index (χ1n) is 4.13. The highest BCUT2D eigenvalue weighted by Crippen LogP contribution is 2.10. The lowest BCUT2D eigenvalue weighted by atomic mass is 10.1. The molecule has 5 heteroatoms. The van der Waals surface area contributed by atoms with Crippen molar-refractivity contribution < 1.29 is 4.42 Å². The van der Waals surface area contributed by atoms with E-state index in [0.717, 1.165) is 11.3 Å². The van der Waals surface area contributed by atoms with E-state index in [1.165, 1.54) is 0 Å². The predicted octanol–water partition coefficient (Wildman–Crippen LogP) is 1.91. The highest BCUT2D eigenvalue weighted by molar-refractivity contribution is 7.71. The Kier molecular flexibility index (Phi) is 2.32. The van der Waals surface area contributed by atoms with Crippen molar-refractivity contribution >= 4 is 17.9 Å². The zero-order valence-corrected chi connectivity index (χ0v) is 8.17. The van der Waals surface area contributed by atoms with Crippen molar-refractivity contribution in [1.29, 1.82) is 0 Å². The van der Waals surface area contributed by atoms with Crippen molar-refractivity contribution in [3.63, 3.8) is 0 Å². The van der Waals surface area contributed by atoms with Gasteiger partial charge in [0.15, 0.2) is 0 Å². The number of benzene rings is 1. The van der Waals surface area contributed by atoms with E-state index in [1.54, 1.807) is 0 Å². The maximum atomic E-state index is 5.64. The van der Waals surface area contributed by atoms with Gasteiger partial charge in [0.1, 0.15) is 0 Å². The molecular weight excluding hydrogens is 198 g/mol. The summed E-state index contributed by atoms with van der Waals surface area (Å²) in [6, 6.07) is 7.58. The van der Waals surface area contributed by atoms with Crippen LogP contribution in [0.15, 0.2) is 28.7 Å². The zero-order chi connectivity index (χ0) is 9.97. The molecule has 4 nitrogen and oxygen atoms in total. The van der Waals surface area contributed by atoms with Gasteiger partial charge < -0.3 is 10.2 Å². The Bertz CT molecular complexity index is 489. The van der Waals surface area contributed by atoms with E-state index in [0.29, 0.717) is 17.1 Å². The maximum Gasteiger partial charge on any atom is 0.284 e. The maximum absolute atomic E-state index is 5.64. The van der Waals surface area contributed by atoms with Crippen LogP contribution in [0, 0.1) is 4.84 Å². The second-order valence-corrected chi connectivity index (χ2v) is 3.30. The normalized spacial score (nSPS) is 10.3. The van der Waals surface area contributed by atoms with Crippen molar-refractivity contribution in [2.24, 2.45) is 0 Å². The minimum absolute atomic E-state index is 0.295. The van der Waals surface area contributed by atoms with Crippen LogP contribution in [-0.4, -0.2) is 10.2 Å². The fraction of sp³-hybridized carbons (Fsp3) is 0.111. The standard InChI is InChI=1S/C9H9N3OS/c10-7-3-1-2-6(4-7)5-8-11-12-9(14)13-8/h1-4H,5,10H2,(H,12,14). The van der Waals surface area contributed by atoms with Gasteiger partial charge in [0.25, 0.3) is 4.84 Å². The summed E-state index contributed by atoms with van der Waals surface area (Å²) >= 11 is 4.77. The lowest BCUT2D eigenvalue weighted by Crippen LogP contribution is -1.91. The van der Waals surface area contributed by atoms with Crippen LogP contribution >= 0.6 is 12.2 Å². The first kappa shape index (κ1) is 8.96. The van der Waals surface area contributed by atoms with Gasteiger partial charge in [-0.15, -0.1) is 5.10 Å². The van der Waals surface area contributed by atoms with E-state index in [2.05, 4.69) is 10.2 Å². The molecule has 0 unspecified atom stereocenters. The summed E-state index contributed by atoms with van der Waals surface area (Å²) in [5.74, 6) is 0.570. The molecule has 14 heavy (non-hydrogen) atoms. The van der Waals surface area contributed by atoms with Gasteiger partial charge in [-0.3, -0.25) is 0 Å². The summed E-state index contributed by atoms with van der Waals surface area (Å²) in [4.78, 5) is 0.295. The number of rotatable bonds is 2. The molecule has 0 atom stereocenters. The van der Waals surface area contributed by atoms with E-state index in [9.17, 15) is 0 Å². The fourth-order valence-corrected chi connectivity index (χ4v) is 1.36. The summed E-state index contributed by atoms with van der Waals surface area (Å²) in [5, 5.41) is 6.47. The summed E-state index contributed by atoms with van der Waals surface area (Å²) in [6.45, 7) is 0. The molecule has 1 heterocycles. The summed E-state index contributed by atoms with van der Waals surface area (Å²) in [5.41, 5.74) is 7.42. The number of anilines is 1. The molecule has 0 radical (unpaired) electrons. The largest absolute Gasteiger partial charge is 0.414 e. The van der Waals surface area contributed by atoms with E-state index in [4.69, 9.17) is 22.4 Å². The number of hydrogen-bond donors (Lipinski definition) is 2. The molecule has 2 aromatic rings. The average Bonchev–Trinajstić information content (AvgIpc) is 2.51. The van der Waals surface area contributed by atoms with Crippen molar-refractivity contribution in [2.45, 2.75) is 6.42 Å². The van der Waals surface area contributed by atoms with E-state index in [-0.39, 0.29) is 0 Å². The smallest absolute Gasteiger partial charge is 0.284 e. The molecule has 1 aromatic heterocycles. The van der Waals surface area contributed by atoms with E-state index in [1.807, 2.05) is 24.3 Å². The van der Waals surface area contributed by atoms with Crippen molar-refractivity contribution in [3.05, 3.63) is 40.6 Å². The van der Waals surface area contributed by atoms with Gasteiger partial charge in [-0.05, 0) is 29.9 Å². The molecule has 0 spiro atoms. The Morgan fingerprint density at radius 1 is 1.50 bits per heavy atom. The topological polar surface area (TPSA) is 67.8 Å². The molecule has 0 aliphatic heterocycles. The summed E-state index contributed by atoms with van der Waals surface area (Å²) in [7, 11) is 0. The average molecular weight is 207 g/mol. The van der Waals surface area contributed by atoms with Crippen LogP contribution in [0.1, 0.15) is 11.5 Å². The quantitative estimate of drug-likeness (QED) is 0.583. The fourth-order valence-electron chi connectivity index (χ4n) is 1.21. The van der Waals surface area contributed by atoms with Crippen LogP contribution in [0.3, 0.4) is 0 Å². The SMILES string of the molecule is Nc1cccc(Cc2n[nH]c(=S)o2)c1. The number of H-pyrrole nitrogens is 1. The number of nitrogens with one attached hydrogen (secondary N) is 1. The van der Waals surface area contributed by atoms with Crippen LogP contribution in [0.5, 0.6) is 0 Å². The van der Waals surface area contributed by atoms with Gasteiger partial charge in [0.2, 0.25) is 5.89 Å². The zero-order valence-electron chi connectivity index (χ0n) is 7.36. The van der Waals surface area contributed by atoms with Gasteiger partial charge in [-0.1, -0.05) is 12.1 Å². The number of hydrogen-bond acceptors (Lipinski definition) is 4. The van der Waals surface area contributed by atoms with Gasteiger partial charge in [-0.25, -0.2) is 5.10 Å². The molecule has 3 N–H and O–H groups in total. The van der Waals surface area contributed by atoms with Crippen molar-refractivity contribution in [2.75, 3.05) is 5.73 Å². The second kappa shape index (κ2) is 3.63. The number of nitrogens with zero attached hydrogens (tertiary/aromatic N) is 1. The molecule has 1 aromatic carbocycles. The van der Waals surface area contributed by atoms with Gasteiger partial charge >= 0.3 is 0 Å². The number of aromatic amines is 1. The predicted molar refractivity (Wildman–Crippen MR) is 55.3 cm³/mol. The molecule has 0 saturated carbocycles. The third kappa shape index (κ3) is 2.00. The molecule has 0 saturated heterocycles. The van der Waals surface area contributed by atoms with E-state index >= 15 is 0 Å². The Morgan fingerprint density at radius 3 is 3.00 bits per heavy atom. The van der Waals surface area contributed by atoms with Crippen LogP contribution in [0.4, 0.5) is 5.69 Å². The lowest BCUT2D eigenvalue weighted by molar-refractivity contribution is 0.491. The van der Waals surface area contributed by atoms with E-state index < -0.39 is 0 Å². The van der Waals surface area contributed by atoms with Crippen LogP contribution in [0.25, 0.3) is 0 Å². The highest BCUT2D eigenvalue weighted by Gasteiger charge is 2.01. The first-order chi connectivity index (χ1) is 6.74. The molecule has 0 aliphatic rings. The van der Waals surface area contributed by atoms with Gasteiger partial charge in [0, 0.05) is 5.69 Å². The molecule has 0 bridgehead atoms. The first-order valence-corrected chi connectivity index (χ1v) is 4.53. The lowest BCUT2D eigenvalue weighted by Gasteiger charge is -1.97. The van der Waals surface area contributed by atoms with Gasteiger partial charge in [-0.2, -0.15) is 0 Å². The minimum Gasteiger partial charge on any atom is -0.414 e. The summed E-state index contributed by atoms with van der Waals surface area (Å²) < 4.78 is 5.13. The Hall–Kier alpha value is -1.62.